The van der Waals surface area contributed by atoms with Crippen molar-refractivity contribution in [3.63, 3.8) is 0 Å². The van der Waals surface area contributed by atoms with Crippen molar-refractivity contribution < 1.29 is 9.47 Å². The summed E-state index contributed by atoms with van der Waals surface area (Å²) in [5.74, 6) is 2.10. The van der Waals surface area contributed by atoms with Crippen molar-refractivity contribution in [2.75, 3.05) is 18.9 Å². The molecule has 1 aliphatic heterocycles. The van der Waals surface area contributed by atoms with Crippen molar-refractivity contribution >= 4 is 5.82 Å². The fourth-order valence-electron chi connectivity index (χ4n) is 3.40. The van der Waals surface area contributed by atoms with Crippen LogP contribution in [0.5, 0.6) is 0 Å². The summed E-state index contributed by atoms with van der Waals surface area (Å²) in [6, 6.07) is 0. The minimum atomic E-state index is -0.345. The van der Waals surface area contributed by atoms with Crippen LogP contribution in [-0.2, 0) is 28.1 Å². The Hall–Kier alpha value is -1.20. The van der Waals surface area contributed by atoms with Gasteiger partial charge in [-0.2, -0.15) is 0 Å². The minimum Gasteiger partial charge on any atom is -0.383 e. The molecule has 1 aliphatic carbocycles. The molecule has 5 nitrogen and oxygen atoms in total. The molecule has 0 saturated heterocycles. The summed E-state index contributed by atoms with van der Waals surface area (Å²) in [7, 11) is 0. The highest BCUT2D eigenvalue weighted by molar-refractivity contribution is 5.43. The highest BCUT2D eigenvalue weighted by atomic mass is 16.5. The average Bonchev–Trinajstić information content (AvgIpc) is 2.50. The molecule has 2 heterocycles. The van der Waals surface area contributed by atoms with Gasteiger partial charge in [0.1, 0.15) is 11.4 Å². The topological polar surface area (TPSA) is 70.3 Å². The normalized spacial score (nSPS) is 29.1. The molecule has 1 fully saturated rings. The Morgan fingerprint density at radius 2 is 2.10 bits per heavy atom. The van der Waals surface area contributed by atoms with E-state index in [1.807, 2.05) is 6.92 Å². The SMILES string of the molecule is CCOC1(c2nc(N)c3c(n2)CCOC3)CCC(C)CC1. The number of anilines is 1. The largest absolute Gasteiger partial charge is 0.383 e. The van der Waals surface area contributed by atoms with Crippen LogP contribution < -0.4 is 5.73 Å². The lowest BCUT2D eigenvalue weighted by Gasteiger charge is -2.38. The lowest BCUT2D eigenvalue weighted by atomic mass is 9.78. The van der Waals surface area contributed by atoms with E-state index < -0.39 is 0 Å². The molecule has 0 aromatic carbocycles. The van der Waals surface area contributed by atoms with Gasteiger partial charge in [-0.15, -0.1) is 0 Å². The Balaban J connectivity index is 1.98. The first-order chi connectivity index (χ1) is 10.1. The second-order valence-corrected chi connectivity index (χ2v) is 6.27. The summed E-state index contributed by atoms with van der Waals surface area (Å²) in [4.78, 5) is 9.41. The molecule has 1 aromatic rings. The Morgan fingerprint density at radius 3 is 2.81 bits per heavy atom. The summed E-state index contributed by atoms with van der Waals surface area (Å²) in [6.45, 7) is 6.25. The summed E-state index contributed by atoms with van der Waals surface area (Å²) in [5.41, 5.74) is 7.80. The quantitative estimate of drug-likeness (QED) is 0.927. The van der Waals surface area contributed by atoms with E-state index in [0.29, 0.717) is 25.6 Å². The molecule has 0 radical (unpaired) electrons. The van der Waals surface area contributed by atoms with Gasteiger partial charge in [0, 0.05) is 18.6 Å². The van der Waals surface area contributed by atoms with Crippen molar-refractivity contribution in [3.05, 3.63) is 17.1 Å². The Labute approximate surface area is 126 Å². The van der Waals surface area contributed by atoms with Gasteiger partial charge >= 0.3 is 0 Å². The summed E-state index contributed by atoms with van der Waals surface area (Å²) < 4.78 is 11.6. The number of fused-ring (bicyclic) bond motifs is 1. The first-order valence-corrected chi connectivity index (χ1v) is 8.02. The first-order valence-electron chi connectivity index (χ1n) is 8.02. The molecule has 1 saturated carbocycles. The van der Waals surface area contributed by atoms with E-state index >= 15 is 0 Å². The van der Waals surface area contributed by atoms with Crippen molar-refractivity contribution in [3.8, 4) is 0 Å². The molecular formula is C16H25N3O2. The van der Waals surface area contributed by atoms with Gasteiger partial charge in [0.05, 0.1) is 18.9 Å². The maximum Gasteiger partial charge on any atom is 0.162 e. The van der Waals surface area contributed by atoms with Gasteiger partial charge in [-0.3, -0.25) is 0 Å². The van der Waals surface area contributed by atoms with Gasteiger partial charge in [-0.25, -0.2) is 9.97 Å². The van der Waals surface area contributed by atoms with Crippen LogP contribution in [0, 0.1) is 5.92 Å². The average molecular weight is 291 g/mol. The number of ether oxygens (including phenoxy) is 2. The van der Waals surface area contributed by atoms with E-state index in [1.165, 1.54) is 0 Å². The zero-order valence-corrected chi connectivity index (χ0v) is 13.0. The Kier molecular flexibility index (Phi) is 4.13. The van der Waals surface area contributed by atoms with Crippen LogP contribution in [0.2, 0.25) is 0 Å². The predicted molar refractivity (Wildman–Crippen MR) is 80.7 cm³/mol. The maximum atomic E-state index is 6.14. The van der Waals surface area contributed by atoms with E-state index in [-0.39, 0.29) is 5.60 Å². The summed E-state index contributed by atoms with van der Waals surface area (Å²) in [6.07, 6.45) is 5.09. The molecule has 5 heteroatoms. The summed E-state index contributed by atoms with van der Waals surface area (Å²) >= 11 is 0. The van der Waals surface area contributed by atoms with E-state index in [1.54, 1.807) is 0 Å². The predicted octanol–water partition coefficient (Wildman–Crippen LogP) is 2.57. The van der Waals surface area contributed by atoms with Crippen molar-refractivity contribution in [1.82, 2.24) is 9.97 Å². The number of rotatable bonds is 3. The molecule has 21 heavy (non-hydrogen) atoms. The number of nitrogen functional groups attached to an aromatic ring is 1. The molecule has 0 atom stereocenters. The molecule has 0 amide bonds. The third-order valence-electron chi connectivity index (χ3n) is 4.76. The zero-order chi connectivity index (χ0) is 14.9. The van der Waals surface area contributed by atoms with E-state index in [2.05, 4.69) is 11.9 Å². The zero-order valence-electron chi connectivity index (χ0n) is 13.0. The van der Waals surface area contributed by atoms with Gasteiger partial charge in [-0.05, 0) is 38.5 Å². The number of nitrogens with zero attached hydrogens (tertiary/aromatic N) is 2. The van der Waals surface area contributed by atoms with Crippen molar-refractivity contribution in [2.24, 2.45) is 5.92 Å². The molecule has 2 N–H and O–H groups in total. The third kappa shape index (κ3) is 2.77. The molecule has 0 spiro atoms. The highest BCUT2D eigenvalue weighted by Crippen LogP contribution is 2.41. The highest BCUT2D eigenvalue weighted by Gasteiger charge is 2.40. The standard InChI is InChI=1S/C16H25N3O2/c1-3-21-16(7-4-11(2)5-8-16)15-18-13-6-9-20-10-12(13)14(17)19-15/h11H,3-10H2,1-2H3,(H2,17,18,19). The molecular weight excluding hydrogens is 266 g/mol. The Morgan fingerprint density at radius 1 is 1.33 bits per heavy atom. The van der Waals surface area contributed by atoms with Gasteiger partial charge in [0.2, 0.25) is 0 Å². The monoisotopic (exact) mass is 291 g/mol. The van der Waals surface area contributed by atoms with Crippen LogP contribution in [0.25, 0.3) is 0 Å². The maximum absolute atomic E-state index is 6.14. The fourth-order valence-corrected chi connectivity index (χ4v) is 3.40. The van der Waals surface area contributed by atoms with Crippen molar-refractivity contribution in [1.29, 1.82) is 0 Å². The van der Waals surface area contributed by atoms with Crippen molar-refractivity contribution in [2.45, 2.75) is 58.2 Å². The molecule has 1 aromatic heterocycles. The van der Waals surface area contributed by atoms with Crippen LogP contribution in [0.3, 0.4) is 0 Å². The van der Waals surface area contributed by atoms with Crippen LogP contribution in [0.15, 0.2) is 0 Å². The fraction of sp³-hybridized carbons (Fsp3) is 0.750. The van der Waals surface area contributed by atoms with E-state index in [0.717, 1.165) is 55.1 Å². The lowest BCUT2D eigenvalue weighted by Crippen LogP contribution is -2.37. The van der Waals surface area contributed by atoms with Gasteiger partial charge < -0.3 is 15.2 Å². The third-order valence-corrected chi connectivity index (χ3v) is 4.76. The van der Waals surface area contributed by atoms with E-state index in [9.17, 15) is 0 Å². The molecule has 3 rings (SSSR count). The first kappa shape index (κ1) is 14.7. The van der Waals surface area contributed by atoms with Gasteiger partial charge in [-0.1, -0.05) is 6.92 Å². The second-order valence-electron chi connectivity index (χ2n) is 6.27. The summed E-state index contributed by atoms with van der Waals surface area (Å²) in [5, 5.41) is 0. The van der Waals surface area contributed by atoms with Crippen LogP contribution in [0.1, 0.15) is 56.6 Å². The molecule has 0 bridgehead atoms. The number of nitrogens with two attached hydrogens (primary N) is 1. The molecule has 0 unspecified atom stereocenters. The lowest BCUT2D eigenvalue weighted by molar-refractivity contribution is -0.0839. The number of hydrogen-bond acceptors (Lipinski definition) is 5. The number of aromatic nitrogens is 2. The van der Waals surface area contributed by atoms with Gasteiger partial charge in [0.15, 0.2) is 5.82 Å². The van der Waals surface area contributed by atoms with Crippen LogP contribution in [-0.4, -0.2) is 23.2 Å². The molecule has 2 aliphatic rings. The second kappa shape index (κ2) is 5.89. The molecule has 116 valence electrons. The number of hydrogen-bond donors (Lipinski definition) is 1. The van der Waals surface area contributed by atoms with Crippen LogP contribution in [0.4, 0.5) is 5.82 Å². The Bertz CT molecular complexity index is 510. The van der Waals surface area contributed by atoms with Gasteiger partial charge in [0.25, 0.3) is 0 Å². The smallest absolute Gasteiger partial charge is 0.162 e. The van der Waals surface area contributed by atoms with E-state index in [4.69, 9.17) is 20.2 Å². The van der Waals surface area contributed by atoms with Crippen LogP contribution >= 0.6 is 0 Å². The minimum absolute atomic E-state index is 0.345.